The smallest absolute Gasteiger partial charge is 0.253 e. The maximum Gasteiger partial charge on any atom is 0.253 e. The number of carbonyl (C=O) groups is 1. The molecule has 3 N–H and O–H groups in total. The first-order chi connectivity index (χ1) is 9.11. The van der Waals surface area contributed by atoms with Crippen LogP contribution in [0.25, 0.3) is 0 Å². The van der Waals surface area contributed by atoms with Crippen LogP contribution in [0.4, 0.5) is 5.69 Å². The number of hydrogen-bond donors (Lipinski definition) is 2. The number of nitrogens with one attached hydrogen (secondary N) is 1. The number of anilines is 1. The average Bonchev–Trinajstić information content (AvgIpc) is 2.89. The highest BCUT2D eigenvalue weighted by molar-refractivity contribution is 7.09. The first-order valence-electron chi connectivity index (χ1n) is 5.87. The van der Waals surface area contributed by atoms with E-state index < -0.39 is 0 Å². The maximum absolute atomic E-state index is 12.2. The third-order valence-corrected chi connectivity index (χ3v) is 3.90. The Morgan fingerprint density at radius 3 is 2.95 bits per heavy atom. The van der Waals surface area contributed by atoms with E-state index in [1.165, 1.54) is 11.3 Å². The summed E-state index contributed by atoms with van der Waals surface area (Å²) < 4.78 is 0. The van der Waals surface area contributed by atoms with Gasteiger partial charge in [-0.05, 0) is 24.6 Å². The van der Waals surface area contributed by atoms with Gasteiger partial charge in [-0.2, -0.15) is 0 Å². The Morgan fingerprint density at radius 2 is 2.37 bits per heavy atom. The third-order valence-electron chi connectivity index (χ3n) is 2.70. The van der Waals surface area contributed by atoms with Crippen molar-refractivity contribution in [3.63, 3.8) is 0 Å². The van der Waals surface area contributed by atoms with Crippen molar-refractivity contribution in [3.8, 4) is 0 Å². The van der Waals surface area contributed by atoms with E-state index in [0.29, 0.717) is 16.3 Å². The molecule has 6 heteroatoms. The van der Waals surface area contributed by atoms with Crippen molar-refractivity contribution in [2.24, 2.45) is 0 Å². The molecular weight excluding hydrogens is 282 g/mol. The molecule has 0 radical (unpaired) electrons. The van der Waals surface area contributed by atoms with Crippen LogP contribution in [0.5, 0.6) is 0 Å². The minimum atomic E-state index is -0.216. The highest BCUT2D eigenvalue weighted by Gasteiger charge is 2.17. The Hall–Kier alpha value is -1.59. The molecule has 1 unspecified atom stereocenters. The van der Waals surface area contributed by atoms with Gasteiger partial charge in [0.1, 0.15) is 5.01 Å². The molecule has 100 valence electrons. The number of hydrogen-bond acceptors (Lipinski definition) is 4. The lowest BCUT2D eigenvalue weighted by atomic mass is 10.1. The number of halogens is 1. The van der Waals surface area contributed by atoms with E-state index in [2.05, 4.69) is 10.3 Å². The summed E-state index contributed by atoms with van der Waals surface area (Å²) in [5, 5.41) is 6.06. The average molecular weight is 296 g/mol. The van der Waals surface area contributed by atoms with Crippen molar-refractivity contribution in [2.45, 2.75) is 19.4 Å². The second-order valence-corrected chi connectivity index (χ2v) is 5.38. The number of rotatable bonds is 4. The standard InChI is InChI=1S/C13H14ClN3OS/c1-2-11(13-16-5-6-19-13)17-12(18)9-4-3-8(15)7-10(9)14/h3-7,11H,2,15H2,1H3,(H,17,18). The second kappa shape index (κ2) is 6.04. The molecule has 0 saturated carbocycles. The van der Waals surface area contributed by atoms with Crippen LogP contribution in [0.15, 0.2) is 29.8 Å². The van der Waals surface area contributed by atoms with Gasteiger partial charge in [0.15, 0.2) is 0 Å². The Morgan fingerprint density at radius 1 is 1.58 bits per heavy atom. The number of carbonyl (C=O) groups excluding carboxylic acids is 1. The molecule has 2 rings (SSSR count). The summed E-state index contributed by atoms with van der Waals surface area (Å²) in [4.78, 5) is 16.4. The third kappa shape index (κ3) is 3.24. The maximum atomic E-state index is 12.2. The van der Waals surface area contributed by atoms with Crippen molar-refractivity contribution in [1.82, 2.24) is 10.3 Å². The Kier molecular flexibility index (Phi) is 4.39. The van der Waals surface area contributed by atoms with Crippen LogP contribution in [0.1, 0.15) is 34.8 Å². The van der Waals surface area contributed by atoms with Gasteiger partial charge in [0.25, 0.3) is 5.91 Å². The molecule has 1 aromatic heterocycles. The molecule has 1 amide bonds. The summed E-state index contributed by atoms with van der Waals surface area (Å²) >= 11 is 7.54. The van der Waals surface area contributed by atoms with Crippen LogP contribution in [0.2, 0.25) is 5.02 Å². The van der Waals surface area contributed by atoms with Gasteiger partial charge in [0.2, 0.25) is 0 Å². The Labute approximate surface area is 120 Å². The lowest BCUT2D eigenvalue weighted by Crippen LogP contribution is -2.28. The fourth-order valence-corrected chi connectivity index (χ4v) is 2.74. The first kappa shape index (κ1) is 13.8. The van der Waals surface area contributed by atoms with Crippen LogP contribution in [-0.2, 0) is 0 Å². The number of benzene rings is 1. The summed E-state index contributed by atoms with van der Waals surface area (Å²) in [5.41, 5.74) is 6.57. The molecule has 4 nitrogen and oxygen atoms in total. The molecule has 0 bridgehead atoms. The lowest BCUT2D eigenvalue weighted by Gasteiger charge is -2.15. The predicted molar refractivity (Wildman–Crippen MR) is 78.5 cm³/mol. The number of nitrogens with two attached hydrogens (primary N) is 1. The minimum Gasteiger partial charge on any atom is -0.399 e. The molecule has 0 fully saturated rings. The van der Waals surface area contributed by atoms with Crippen LogP contribution in [-0.4, -0.2) is 10.9 Å². The van der Waals surface area contributed by atoms with E-state index >= 15 is 0 Å². The van der Waals surface area contributed by atoms with Crippen LogP contribution < -0.4 is 11.1 Å². The fraction of sp³-hybridized carbons (Fsp3) is 0.231. The van der Waals surface area contributed by atoms with Gasteiger partial charge in [0.05, 0.1) is 16.6 Å². The van der Waals surface area contributed by atoms with Gasteiger partial charge in [0, 0.05) is 17.3 Å². The predicted octanol–water partition coefficient (Wildman–Crippen LogP) is 3.26. The highest BCUT2D eigenvalue weighted by Crippen LogP contribution is 2.22. The van der Waals surface area contributed by atoms with Gasteiger partial charge in [-0.1, -0.05) is 18.5 Å². The van der Waals surface area contributed by atoms with E-state index in [4.69, 9.17) is 17.3 Å². The fourth-order valence-electron chi connectivity index (χ4n) is 1.70. The summed E-state index contributed by atoms with van der Waals surface area (Å²) in [6.45, 7) is 2.00. The summed E-state index contributed by atoms with van der Waals surface area (Å²) in [7, 11) is 0. The molecule has 19 heavy (non-hydrogen) atoms. The zero-order valence-electron chi connectivity index (χ0n) is 10.4. The number of amides is 1. The van der Waals surface area contributed by atoms with Gasteiger partial charge >= 0.3 is 0 Å². The van der Waals surface area contributed by atoms with E-state index in [9.17, 15) is 4.79 Å². The van der Waals surface area contributed by atoms with Crippen LogP contribution in [0, 0.1) is 0 Å². The minimum absolute atomic E-state index is 0.0962. The second-order valence-electron chi connectivity index (χ2n) is 4.04. The van der Waals surface area contributed by atoms with Gasteiger partial charge in [-0.25, -0.2) is 4.98 Å². The molecule has 0 spiro atoms. The van der Waals surface area contributed by atoms with Crippen LogP contribution >= 0.6 is 22.9 Å². The number of nitrogens with zero attached hydrogens (tertiary/aromatic N) is 1. The summed E-state index contributed by atoms with van der Waals surface area (Å²) in [6, 6.07) is 4.76. The van der Waals surface area contributed by atoms with Crippen molar-refractivity contribution < 1.29 is 4.79 Å². The monoisotopic (exact) mass is 295 g/mol. The zero-order chi connectivity index (χ0) is 13.8. The van der Waals surface area contributed by atoms with Gasteiger partial charge in [-0.15, -0.1) is 11.3 Å². The van der Waals surface area contributed by atoms with Crippen molar-refractivity contribution in [3.05, 3.63) is 45.4 Å². The van der Waals surface area contributed by atoms with Gasteiger partial charge < -0.3 is 11.1 Å². The SMILES string of the molecule is CCC(NC(=O)c1ccc(N)cc1Cl)c1nccs1. The largest absolute Gasteiger partial charge is 0.399 e. The Bertz CT molecular complexity index is 571. The lowest BCUT2D eigenvalue weighted by molar-refractivity contribution is 0.0935. The molecule has 1 aromatic carbocycles. The quantitative estimate of drug-likeness (QED) is 0.851. The first-order valence-corrected chi connectivity index (χ1v) is 7.13. The number of aromatic nitrogens is 1. The topological polar surface area (TPSA) is 68.0 Å². The molecule has 0 saturated heterocycles. The van der Waals surface area contributed by atoms with Crippen molar-refractivity contribution in [1.29, 1.82) is 0 Å². The van der Waals surface area contributed by atoms with Gasteiger partial charge in [-0.3, -0.25) is 4.79 Å². The number of thiazole rings is 1. The summed E-state index contributed by atoms with van der Waals surface area (Å²) in [6.07, 6.45) is 2.50. The van der Waals surface area contributed by atoms with Crippen LogP contribution in [0.3, 0.4) is 0 Å². The molecule has 2 aromatic rings. The molecule has 0 aliphatic rings. The van der Waals surface area contributed by atoms with Crippen molar-refractivity contribution in [2.75, 3.05) is 5.73 Å². The van der Waals surface area contributed by atoms with E-state index in [-0.39, 0.29) is 11.9 Å². The molecule has 1 heterocycles. The summed E-state index contributed by atoms with van der Waals surface area (Å²) in [5.74, 6) is -0.216. The number of nitrogen functional groups attached to an aromatic ring is 1. The molecule has 0 aliphatic carbocycles. The van der Waals surface area contributed by atoms with Crippen molar-refractivity contribution >= 4 is 34.5 Å². The normalized spacial score (nSPS) is 12.1. The zero-order valence-corrected chi connectivity index (χ0v) is 12.0. The molecular formula is C13H14ClN3OS. The highest BCUT2D eigenvalue weighted by atomic mass is 35.5. The molecule has 1 atom stereocenters. The Balaban J connectivity index is 2.16. The van der Waals surface area contributed by atoms with E-state index in [1.807, 2.05) is 12.3 Å². The van der Waals surface area contributed by atoms with E-state index in [1.54, 1.807) is 24.4 Å². The van der Waals surface area contributed by atoms with E-state index in [0.717, 1.165) is 11.4 Å². The molecule has 0 aliphatic heterocycles.